The number of hydrogen-bond acceptors (Lipinski definition) is 2. The maximum absolute atomic E-state index is 11.1. The van der Waals surface area contributed by atoms with Crippen LogP contribution in [0.5, 0.6) is 0 Å². The molecule has 11 heavy (non-hydrogen) atoms. The van der Waals surface area contributed by atoms with Crippen molar-refractivity contribution in [3.05, 3.63) is 0 Å². The third kappa shape index (κ3) is 1.70. The van der Waals surface area contributed by atoms with Crippen LogP contribution in [0.25, 0.3) is 0 Å². The first kappa shape index (κ1) is 8.06. The highest BCUT2D eigenvalue weighted by Gasteiger charge is 2.24. The largest absolute Gasteiger partial charge is 0.342 e. The van der Waals surface area contributed by atoms with Gasteiger partial charge >= 0.3 is 0 Å². The number of nitriles is 1. The van der Waals surface area contributed by atoms with Gasteiger partial charge in [0, 0.05) is 13.1 Å². The van der Waals surface area contributed by atoms with E-state index in [2.05, 4.69) is 0 Å². The predicted molar refractivity (Wildman–Crippen MR) is 40.6 cm³/mol. The van der Waals surface area contributed by atoms with E-state index < -0.39 is 0 Å². The minimum atomic E-state index is -0.0443. The first-order valence-corrected chi connectivity index (χ1v) is 3.88. The molecule has 0 saturated heterocycles. The van der Waals surface area contributed by atoms with Gasteiger partial charge in [-0.05, 0) is 19.3 Å². The molecule has 0 unspecified atom stereocenters. The molecule has 3 nitrogen and oxygen atoms in total. The molecule has 60 valence electrons. The molecule has 0 atom stereocenters. The molecule has 1 aliphatic carbocycles. The lowest BCUT2D eigenvalue weighted by molar-refractivity contribution is -0.132. The summed E-state index contributed by atoms with van der Waals surface area (Å²) in [5, 5.41) is 8.26. The Bertz CT molecular complexity index is 191. The quantitative estimate of drug-likeness (QED) is 0.590. The van der Waals surface area contributed by atoms with Crippen molar-refractivity contribution in [2.24, 2.45) is 0 Å². The Labute approximate surface area is 66.6 Å². The molecule has 0 aromatic rings. The van der Waals surface area contributed by atoms with Gasteiger partial charge in [-0.3, -0.25) is 4.79 Å². The highest BCUT2D eigenvalue weighted by atomic mass is 16.2. The summed E-state index contributed by atoms with van der Waals surface area (Å²) in [5.41, 5.74) is 0. The minimum Gasteiger partial charge on any atom is -0.342 e. The third-order valence-electron chi connectivity index (χ3n) is 2.25. The molecular weight excluding hydrogens is 140 g/mol. The number of hydrogen-bond donors (Lipinski definition) is 0. The Hall–Kier alpha value is -1.04. The van der Waals surface area contributed by atoms with Crippen molar-refractivity contribution in [2.75, 3.05) is 7.05 Å². The zero-order valence-electron chi connectivity index (χ0n) is 6.71. The summed E-state index contributed by atoms with van der Waals surface area (Å²) < 4.78 is 0. The summed E-state index contributed by atoms with van der Waals surface area (Å²) >= 11 is 0. The fourth-order valence-electron chi connectivity index (χ4n) is 1.17. The Morgan fingerprint density at radius 2 is 2.36 bits per heavy atom. The summed E-state index contributed by atoms with van der Waals surface area (Å²) in [7, 11) is 1.78. The molecule has 0 aliphatic heterocycles. The zero-order valence-corrected chi connectivity index (χ0v) is 6.71. The number of rotatable bonds is 2. The second-order valence-corrected chi connectivity index (χ2v) is 2.92. The Morgan fingerprint density at radius 1 is 1.73 bits per heavy atom. The molecule has 1 aliphatic rings. The van der Waals surface area contributed by atoms with Gasteiger partial charge in [0.1, 0.15) is 6.42 Å². The molecular formula is C8H12N2O. The van der Waals surface area contributed by atoms with Gasteiger partial charge in [0.05, 0.1) is 6.07 Å². The number of carbonyl (C=O) groups is 1. The van der Waals surface area contributed by atoms with E-state index in [1.54, 1.807) is 11.9 Å². The maximum atomic E-state index is 11.1. The average Bonchev–Trinajstić information content (AvgIpc) is 1.84. The van der Waals surface area contributed by atoms with Gasteiger partial charge in [0.15, 0.2) is 0 Å². The molecule has 1 saturated carbocycles. The molecule has 1 amide bonds. The monoisotopic (exact) mass is 152 g/mol. The van der Waals surface area contributed by atoms with Crippen LogP contribution < -0.4 is 0 Å². The molecule has 0 spiro atoms. The molecule has 0 aromatic heterocycles. The van der Waals surface area contributed by atoms with Crippen molar-refractivity contribution in [3.8, 4) is 6.07 Å². The molecule has 1 rings (SSSR count). The van der Waals surface area contributed by atoms with E-state index in [1.807, 2.05) is 6.07 Å². The molecule has 0 N–H and O–H groups in total. The second kappa shape index (κ2) is 3.38. The number of carbonyl (C=O) groups excluding carboxylic acids is 1. The van der Waals surface area contributed by atoms with E-state index in [4.69, 9.17) is 5.26 Å². The van der Waals surface area contributed by atoms with E-state index >= 15 is 0 Å². The van der Waals surface area contributed by atoms with Crippen LogP contribution in [0.15, 0.2) is 0 Å². The van der Waals surface area contributed by atoms with Crippen LogP contribution in [0.3, 0.4) is 0 Å². The van der Waals surface area contributed by atoms with Crippen LogP contribution in [0, 0.1) is 11.3 Å². The lowest BCUT2D eigenvalue weighted by Crippen LogP contribution is -2.41. The van der Waals surface area contributed by atoms with Gasteiger partial charge in [-0.1, -0.05) is 0 Å². The first-order chi connectivity index (χ1) is 5.25. The van der Waals surface area contributed by atoms with E-state index in [0.717, 1.165) is 12.8 Å². The Balaban J connectivity index is 2.34. The van der Waals surface area contributed by atoms with Crippen molar-refractivity contribution < 1.29 is 4.79 Å². The van der Waals surface area contributed by atoms with Gasteiger partial charge < -0.3 is 4.90 Å². The van der Waals surface area contributed by atoms with E-state index in [9.17, 15) is 4.79 Å². The van der Waals surface area contributed by atoms with Crippen molar-refractivity contribution in [2.45, 2.75) is 31.7 Å². The summed E-state index contributed by atoms with van der Waals surface area (Å²) in [6.45, 7) is 0. The van der Waals surface area contributed by atoms with Crippen LogP contribution in [-0.2, 0) is 4.79 Å². The first-order valence-electron chi connectivity index (χ1n) is 3.88. The summed E-state index contributed by atoms with van der Waals surface area (Å²) in [6.07, 6.45) is 3.45. The van der Waals surface area contributed by atoms with Crippen molar-refractivity contribution in [1.29, 1.82) is 5.26 Å². The topological polar surface area (TPSA) is 44.1 Å². The van der Waals surface area contributed by atoms with Crippen LogP contribution in [0.2, 0.25) is 0 Å². The Morgan fingerprint density at radius 3 is 2.73 bits per heavy atom. The van der Waals surface area contributed by atoms with Gasteiger partial charge in [-0.2, -0.15) is 5.26 Å². The van der Waals surface area contributed by atoms with Crippen molar-refractivity contribution in [1.82, 2.24) is 4.90 Å². The lowest BCUT2D eigenvalue weighted by Gasteiger charge is -2.34. The van der Waals surface area contributed by atoms with E-state index in [1.165, 1.54) is 6.42 Å². The summed E-state index contributed by atoms with van der Waals surface area (Å²) in [4.78, 5) is 12.8. The molecule has 3 heteroatoms. The van der Waals surface area contributed by atoms with Crippen LogP contribution in [0.4, 0.5) is 0 Å². The fraction of sp³-hybridized carbons (Fsp3) is 0.750. The normalized spacial score (nSPS) is 16.7. The van der Waals surface area contributed by atoms with Crippen LogP contribution in [-0.4, -0.2) is 23.9 Å². The fourth-order valence-corrected chi connectivity index (χ4v) is 1.17. The summed E-state index contributed by atoms with van der Waals surface area (Å²) in [5.74, 6) is -0.0443. The number of nitrogens with zero attached hydrogens (tertiary/aromatic N) is 2. The molecule has 0 heterocycles. The van der Waals surface area contributed by atoms with Crippen LogP contribution in [0.1, 0.15) is 25.7 Å². The highest BCUT2D eigenvalue weighted by molar-refractivity contribution is 5.78. The molecule has 0 bridgehead atoms. The SMILES string of the molecule is CN(C(=O)CC#N)C1CCC1. The predicted octanol–water partition coefficient (Wildman–Crippen LogP) is 0.911. The van der Waals surface area contributed by atoms with Crippen molar-refractivity contribution in [3.63, 3.8) is 0 Å². The minimum absolute atomic E-state index is 0.0208. The van der Waals surface area contributed by atoms with Gasteiger partial charge in [-0.25, -0.2) is 0 Å². The summed E-state index contributed by atoms with van der Waals surface area (Å²) in [6, 6.07) is 2.27. The van der Waals surface area contributed by atoms with E-state index in [-0.39, 0.29) is 12.3 Å². The highest BCUT2D eigenvalue weighted by Crippen LogP contribution is 2.23. The lowest BCUT2D eigenvalue weighted by atomic mass is 9.92. The van der Waals surface area contributed by atoms with Gasteiger partial charge in [0.25, 0.3) is 0 Å². The zero-order chi connectivity index (χ0) is 8.27. The van der Waals surface area contributed by atoms with Gasteiger partial charge in [-0.15, -0.1) is 0 Å². The second-order valence-electron chi connectivity index (χ2n) is 2.92. The Kier molecular flexibility index (Phi) is 2.48. The standard InChI is InChI=1S/C8H12N2O/c1-10(7-3-2-4-7)8(11)5-6-9/h7H,2-5H2,1H3. The molecule has 0 radical (unpaired) electrons. The van der Waals surface area contributed by atoms with Crippen LogP contribution >= 0.6 is 0 Å². The smallest absolute Gasteiger partial charge is 0.236 e. The molecule has 0 aromatic carbocycles. The van der Waals surface area contributed by atoms with E-state index in [0.29, 0.717) is 6.04 Å². The maximum Gasteiger partial charge on any atom is 0.236 e. The van der Waals surface area contributed by atoms with Crippen molar-refractivity contribution >= 4 is 5.91 Å². The number of amides is 1. The average molecular weight is 152 g/mol. The van der Waals surface area contributed by atoms with Gasteiger partial charge in [0.2, 0.25) is 5.91 Å². The third-order valence-corrected chi connectivity index (χ3v) is 2.25. The molecule has 1 fully saturated rings.